The molecule has 0 radical (unpaired) electrons. The van der Waals surface area contributed by atoms with Crippen LogP contribution in [0.4, 0.5) is 0 Å². The van der Waals surface area contributed by atoms with Gasteiger partial charge in [-0.1, -0.05) is 19.3 Å². The van der Waals surface area contributed by atoms with Crippen molar-refractivity contribution in [2.45, 2.75) is 51.6 Å². The number of aliphatic hydroxyl groups excluding tert-OH is 1. The normalized spacial score (nSPS) is 18.9. The molecular formula is C14H27NO3. The third kappa shape index (κ3) is 6.36. The molecule has 0 saturated heterocycles. The number of hydrogen-bond donors (Lipinski definition) is 1. The number of carbonyl (C=O) groups excluding carboxylic acids is 1. The van der Waals surface area contributed by atoms with Crippen molar-refractivity contribution >= 4 is 5.97 Å². The van der Waals surface area contributed by atoms with E-state index in [-0.39, 0.29) is 12.4 Å². The molecule has 1 aliphatic rings. The van der Waals surface area contributed by atoms with Gasteiger partial charge >= 0.3 is 5.97 Å². The SMILES string of the molecule is CCOC(=O)CC(O)CN(C)CC1CCCCC1. The maximum atomic E-state index is 11.2. The van der Waals surface area contributed by atoms with E-state index in [1.165, 1.54) is 32.1 Å². The molecule has 1 rings (SSSR count). The summed E-state index contributed by atoms with van der Waals surface area (Å²) in [6, 6.07) is 0. The fraction of sp³-hybridized carbons (Fsp3) is 0.929. The first-order valence-corrected chi connectivity index (χ1v) is 7.14. The van der Waals surface area contributed by atoms with Crippen molar-refractivity contribution in [2.24, 2.45) is 5.92 Å². The molecule has 1 atom stereocenters. The van der Waals surface area contributed by atoms with E-state index in [9.17, 15) is 9.90 Å². The monoisotopic (exact) mass is 257 g/mol. The molecule has 4 heteroatoms. The molecule has 0 bridgehead atoms. The second-order valence-corrected chi connectivity index (χ2v) is 5.39. The van der Waals surface area contributed by atoms with Crippen LogP contribution in [0.15, 0.2) is 0 Å². The molecule has 0 amide bonds. The molecular weight excluding hydrogens is 230 g/mol. The Balaban J connectivity index is 2.17. The minimum absolute atomic E-state index is 0.100. The number of carbonyl (C=O) groups is 1. The maximum absolute atomic E-state index is 11.2. The Bertz CT molecular complexity index is 239. The fourth-order valence-corrected chi connectivity index (χ4v) is 2.72. The topological polar surface area (TPSA) is 49.8 Å². The Morgan fingerprint density at radius 2 is 2.06 bits per heavy atom. The van der Waals surface area contributed by atoms with E-state index >= 15 is 0 Å². The Morgan fingerprint density at radius 1 is 1.39 bits per heavy atom. The van der Waals surface area contributed by atoms with E-state index in [0.717, 1.165) is 12.5 Å². The van der Waals surface area contributed by atoms with Crippen LogP contribution < -0.4 is 0 Å². The van der Waals surface area contributed by atoms with Gasteiger partial charge in [-0.05, 0) is 32.7 Å². The highest BCUT2D eigenvalue weighted by Crippen LogP contribution is 2.24. The molecule has 1 N–H and O–H groups in total. The van der Waals surface area contributed by atoms with E-state index < -0.39 is 6.10 Å². The van der Waals surface area contributed by atoms with Crippen LogP contribution in [0.25, 0.3) is 0 Å². The number of likely N-dealkylation sites (N-methyl/N-ethyl adjacent to an activating group) is 1. The van der Waals surface area contributed by atoms with Crippen molar-refractivity contribution in [3.05, 3.63) is 0 Å². The molecule has 1 saturated carbocycles. The van der Waals surface area contributed by atoms with Crippen LogP contribution in [-0.2, 0) is 9.53 Å². The first-order chi connectivity index (χ1) is 8.61. The van der Waals surface area contributed by atoms with Gasteiger partial charge in [0, 0.05) is 13.1 Å². The predicted molar refractivity (Wildman–Crippen MR) is 71.3 cm³/mol. The summed E-state index contributed by atoms with van der Waals surface area (Å²) in [4.78, 5) is 13.4. The summed E-state index contributed by atoms with van der Waals surface area (Å²) in [5, 5.41) is 9.80. The van der Waals surface area contributed by atoms with Crippen molar-refractivity contribution in [3.63, 3.8) is 0 Å². The minimum Gasteiger partial charge on any atom is -0.466 e. The molecule has 0 aromatic carbocycles. The number of esters is 1. The zero-order valence-electron chi connectivity index (χ0n) is 11.7. The smallest absolute Gasteiger partial charge is 0.308 e. The van der Waals surface area contributed by atoms with E-state index in [1.807, 2.05) is 7.05 Å². The lowest BCUT2D eigenvalue weighted by atomic mass is 9.89. The molecule has 0 aromatic heterocycles. The first kappa shape index (κ1) is 15.4. The van der Waals surface area contributed by atoms with Gasteiger partial charge in [0.05, 0.1) is 19.1 Å². The molecule has 0 heterocycles. The van der Waals surface area contributed by atoms with E-state index in [4.69, 9.17) is 4.74 Å². The largest absolute Gasteiger partial charge is 0.466 e. The van der Waals surface area contributed by atoms with Crippen molar-refractivity contribution in [2.75, 3.05) is 26.7 Å². The van der Waals surface area contributed by atoms with Crippen molar-refractivity contribution in [3.8, 4) is 0 Å². The third-order valence-electron chi connectivity index (χ3n) is 3.52. The highest BCUT2D eigenvalue weighted by molar-refractivity contribution is 5.69. The number of rotatable bonds is 7. The summed E-state index contributed by atoms with van der Waals surface area (Å²) in [5.41, 5.74) is 0. The first-order valence-electron chi connectivity index (χ1n) is 7.14. The Hall–Kier alpha value is -0.610. The number of hydrogen-bond acceptors (Lipinski definition) is 4. The predicted octanol–water partition coefficient (Wildman–Crippen LogP) is 1.81. The van der Waals surface area contributed by atoms with Crippen LogP contribution in [0.2, 0.25) is 0 Å². The molecule has 0 aromatic rings. The summed E-state index contributed by atoms with van der Waals surface area (Å²) < 4.78 is 4.83. The molecule has 0 aliphatic heterocycles. The van der Waals surface area contributed by atoms with Crippen molar-refractivity contribution in [1.29, 1.82) is 0 Å². The highest BCUT2D eigenvalue weighted by Gasteiger charge is 2.18. The van der Waals surface area contributed by atoms with Crippen molar-refractivity contribution < 1.29 is 14.6 Å². The van der Waals surface area contributed by atoms with E-state index in [1.54, 1.807) is 6.92 Å². The lowest BCUT2D eigenvalue weighted by Gasteiger charge is -2.28. The molecule has 4 nitrogen and oxygen atoms in total. The number of ether oxygens (including phenoxy) is 1. The molecule has 1 aliphatic carbocycles. The Labute approximate surface area is 110 Å². The zero-order valence-corrected chi connectivity index (χ0v) is 11.7. The van der Waals surface area contributed by atoms with Gasteiger partial charge in [0.15, 0.2) is 0 Å². The lowest BCUT2D eigenvalue weighted by Crippen LogP contribution is -2.35. The van der Waals surface area contributed by atoms with Crippen molar-refractivity contribution in [1.82, 2.24) is 4.90 Å². The molecule has 18 heavy (non-hydrogen) atoms. The Kier molecular flexibility index (Phi) is 7.28. The van der Waals surface area contributed by atoms with Gasteiger partial charge in [-0.25, -0.2) is 0 Å². The van der Waals surface area contributed by atoms with Crippen LogP contribution >= 0.6 is 0 Å². The summed E-state index contributed by atoms with van der Waals surface area (Å²) in [6.07, 6.45) is 6.14. The summed E-state index contributed by atoms with van der Waals surface area (Å²) in [6.45, 7) is 3.73. The van der Waals surface area contributed by atoms with Crippen LogP contribution in [-0.4, -0.2) is 48.8 Å². The lowest BCUT2D eigenvalue weighted by molar-refractivity contribution is -0.145. The van der Waals surface area contributed by atoms with Gasteiger partial charge in [0.1, 0.15) is 0 Å². The maximum Gasteiger partial charge on any atom is 0.308 e. The average Bonchev–Trinajstić information content (AvgIpc) is 2.29. The second-order valence-electron chi connectivity index (χ2n) is 5.39. The van der Waals surface area contributed by atoms with Gasteiger partial charge < -0.3 is 14.7 Å². The van der Waals surface area contributed by atoms with Crippen LogP contribution in [0, 0.1) is 5.92 Å². The van der Waals surface area contributed by atoms with Crippen LogP contribution in [0.5, 0.6) is 0 Å². The third-order valence-corrected chi connectivity index (χ3v) is 3.52. The van der Waals surface area contributed by atoms with Gasteiger partial charge in [-0.2, -0.15) is 0 Å². The van der Waals surface area contributed by atoms with Gasteiger partial charge in [-0.15, -0.1) is 0 Å². The summed E-state index contributed by atoms with van der Waals surface area (Å²) in [7, 11) is 2.02. The van der Waals surface area contributed by atoms with Gasteiger partial charge in [0.25, 0.3) is 0 Å². The standard InChI is InChI=1S/C14H27NO3/c1-3-18-14(17)9-13(16)11-15(2)10-12-7-5-4-6-8-12/h12-13,16H,3-11H2,1-2H3. The fourth-order valence-electron chi connectivity index (χ4n) is 2.72. The summed E-state index contributed by atoms with van der Waals surface area (Å²) in [5.74, 6) is 0.453. The van der Waals surface area contributed by atoms with Crippen LogP contribution in [0.1, 0.15) is 45.4 Å². The summed E-state index contributed by atoms with van der Waals surface area (Å²) >= 11 is 0. The van der Waals surface area contributed by atoms with Gasteiger partial charge in [-0.3, -0.25) is 4.79 Å². The molecule has 106 valence electrons. The zero-order chi connectivity index (χ0) is 13.4. The Morgan fingerprint density at radius 3 is 2.67 bits per heavy atom. The quantitative estimate of drug-likeness (QED) is 0.707. The molecule has 1 unspecified atom stereocenters. The number of nitrogens with zero attached hydrogens (tertiary/aromatic N) is 1. The van der Waals surface area contributed by atoms with E-state index in [2.05, 4.69) is 4.90 Å². The van der Waals surface area contributed by atoms with Gasteiger partial charge in [0.2, 0.25) is 0 Å². The average molecular weight is 257 g/mol. The minimum atomic E-state index is -0.613. The highest BCUT2D eigenvalue weighted by atomic mass is 16.5. The van der Waals surface area contributed by atoms with E-state index in [0.29, 0.717) is 13.2 Å². The second kappa shape index (κ2) is 8.48. The number of aliphatic hydroxyl groups is 1. The molecule has 0 spiro atoms. The van der Waals surface area contributed by atoms with Crippen LogP contribution in [0.3, 0.4) is 0 Å². The molecule has 1 fully saturated rings.